The zero-order chi connectivity index (χ0) is 15.4. The van der Waals surface area contributed by atoms with Crippen molar-refractivity contribution in [1.29, 1.82) is 0 Å². The second kappa shape index (κ2) is 6.97. The van der Waals surface area contributed by atoms with Gasteiger partial charge in [-0.2, -0.15) is 0 Å². The highest BCUT2D eigenvalue weighted by atomic mass is 79.9. The van der Waals surface area contributed by atoms with E-state index >= 15 is 0 Å². The second-order valence-corrected chi connectivity index (χ2v) is 6.21. The summed E-state index contributed by atoms with van der Waals surface area (Å²) in [6.07, 6.45) is 3.46. The third-order valence-electron chi connectivity index (χ3n) is 3.59. The molecule has 0 saturated heterocycles. The van der Waals surface area contributed by atoms with E-state index in [4.69, 9.17) is 4.74 Å². The molecule has 0 bridgehead atoms. The van der Waals surface area contributed by atoms with Gasteiger partial charge in [0.05, 0.1) is 23.2 Å². The Kier molecular flexibility index (Phi) is 4.78. The summed E-state index contributed by atoms with van der Waals surface area (Å²) in [6, 6.07) is 14.1. The van der Waals surface area contributed by atoms with Crippen LogP contribution in [0.5, 0.6) is 5.75 Å². The Labute approximate surface area is 138 Å². The molecule has 3 nitrogen and oxygen atoms in total. The summed E-state index contributed by atoms with van der Waals surface area (Å²) >= 11 is 3.53. The predicted molar refractivity (Wildman–Crippen MR) is 94.2 cm³/mol. The number of halogens is 1. The lowest BCUT2D eigenvalue weighted by Gasteiger charge is -2.10. The number of nitrogens with zero attached hydrogens (tertiary/aromatic N) is 1. The lowest BCUT2D eigenvalue weighted by atomic mass is 10.2. The standard InChI is InChI=1S/C18H19BrN2O/c1-2-3-6-11-22-17-10-9-13(19)12-14(17)18-20-15-7-4-5-8-16(15)21-18/h4-5,7-10,12H,2-3,6,11H2,1H3,(H,20,21). The van der Waals surface area contributed by atoms with Crippen LogP contribution in [0.15, 0.2) is 46.9 Å². The van der Waals surface area contributed by atoms with Gasteiger partial charge in [0, 0.05) is 4.47 Å². The number of benzene rings is 2. The van der Waals surface area contributed by atoms with Crippen LogP contribution in [0.1, 0.15) is 26.2 Å². The molecular weight excluding hydrogens is 340 g/mol. The molecule has 0 atom stereocenters. The number of rotatable bonds is 6. The van der Waals surface area contributed by atoms with Gasteiger partial charge in [-0.3, -0.25) is 0 Å². The largest absolute Gasteiger partial charge is 0.493 e. The minimum atomic E-state index is 0.739. The molecule has 22 heavy (non-hydrogen) atoms. The van der Waals surface area contributed by atoms with Gasteiger partial charge < -0.3 is 9.72 Å². The van der Waals surface area contributed by atoms with E-state index in [0.717, 1.165) is 45.7 Å². The van der Waals surface area contributed by atoms with Crippen LogP contribution in [-0.4, -0.2) is 16.6 Å². The van der Waals surface area contributed by atoms with Crippen molar-refractivity contribution in [2.75, 3.05) is 6.61 Å². The first-order chi connectivity index (χ1) is 10.8. The average molecular weight is 359 g/mol. The van der Waals surface area contributed by atoms with Gasteiger partial charge in [-0.15, -0.1) is 0 Å². The number of H-pyrrole nitrogens is 1. The lowest BCUT2D eigenvalue weighted by molar-refractivity contribution is 0.307. The fraction of sp³-hybridized carbons (Fsp3) is 0.278. The van der Waals surface area contributed by atoms with Gasteiger partial charge in [-0.05, 0) is 36.8 Å². The Hall–Kier alpha value is -1.81. The quantitative estimate of drug-likeness (QED) is 0.585. The lowest BCUT2D eigenvalue weighted by Crippen LogP contribution is -1.99. The number of ether oxygens (including phenoxy) is 1. The maximum Gasteiger partial charge on any atom is 0.142 e. The van der Waals surface area contributed by atoms with Gasteiger partial charge in [0.15, 0.2) is 0 Å². The van der Waals surface area contributed by atoms with Crippen molar-refractivity contribution in [2.45, 2.75) is 26.2 Å². The van der Waals surface area contributed by atoms with Gasteiger partial charge in [-0.25, -0.2) is 4.98 Å². The summed E-state index contributed by atoms with van der Waals surface area (Å²) in [6.45, 7) is 2.93. The highest BCUT2D eigenvalue weighted by molar-refractivity contribution is 9.10. The summed E-state index contributed by atoms with van der Waals surface area (Å²) < 4.78 is 6.98. The number of imidazole rings is 1. The molecule has 0 fully saturated rings. The van der Waals surface area contributed by atoms with E-state index in [-0.39, 0.29) is 0 Å². The van der Waals surface area contributed by atoms with Crippen molar-refractivity contribution in [3.8, 4) is 17.1 Å². The molecule has 0 radical (unpaired) electrons. The second-order valence-electron chi connectivity index (χ2n) is 5.30. The smallest absolute Gasteiger partial charge is 0.142 e. The van der Waals surface area contributed by atoms with Crippen LogP contribution in [0.2, 0.25) is 0 Å². The number of aromatic amines is 1. The topological polar surface area (TPSA) is 37.9 Å². The maximum absolute atomic E-state index is 5.96. The number of hydrogen-bond donors (Lipinski definition) is 1. The molecule has 0 amide bonds. The molecule has 1 aromatic heterocycles. The average Bonchev–Trinajstić information content (AvgIpc) is 2.96. The molecule has 0 aliphatic rings. The number of hydrogen-bond acceptors (Lipinski definition) is 2. The molecule has 0 saturated carbocycles. The summed E-state index contributed by atoms with van der Waals surface area (Å²) in [5.41, 5.74) is 2.99. The third-order valence-corrected chi connectivity index (χ3v) is 4.08. The normalized spacial score (nSPS) is 11.0. The van der Waals surface area contributed by atoms with Crippen molar-refractivity contribution in [3.05, 3.63) is 46.9 Å². The van der Waals surface area contributed by atoms with Crippen LogP contribution < -0.4 is 4.74 Å². The van der Waals surface area contributed by atoms with E-state index in [9.17, 15) is 0 Å². The van der Waals surface area contributed by atoms with E-state index in [1.165, 1.54) is 12.8 Å². The molecule has 3 rings (SSSR count). The van der Waals surface area contributed by atoms with Gasteiger partial charge >= 0.3 is 0 Å². The Morgan fingerprint density at radius 2 is 2.00 bits per heavy atom. The van der Waals surface area contributed by atoms with Crippen molar-refractivity contribution in [3.63, 3.8) is 0 Å². The van der Waals surface area contributed by atoms with Crippen LogP contribution >= 0.6 is 15.9 Å². The van der Waals surface area contributed by atoms with Crippen molar-refractivity contribution in [2.24, 2.45) is 0 Å². The fourth-order valence-corrected chi connectivity index (χ4v) is 2.79. The Morgan fingerprint density at radius 1 is 1.14 bits per heavy atom. The molecule has 0 aliphatic carbocycles. The van der Waals surface area contributed by atoms with E-state index in [2.05, 4.69) is 32.8 Å². The first-order valence-electron chi connectivity index (χ1n) is 7.65. The Balaban J connectivity index is 1.92. The predicted octanol–water partition coefficient (Wildman–Crippen LogP) is 5.56. The van der Waals surface area contributed by atoms with Gasteiger partial charge in [0.25, 0.3) is 0 Å². The zero-order valence-electron chi connectivity index (χ0n) is 12.6. The van der Waals surface area contributed by atoms with E-state index in [0.29, 0.717) is 0 Å². The number of unbranched alkanes of at least 4 members (excludes halogenated alkanes) is 2. The van der Waals surface area contributed by atoms with Crippen LogP contribution in [0.25, 0.3) is 22.4 Å². The van der Waals surface area contributed by atoms with Gasteiger partial charge in [0.1, 0.15) is 11.6 Å². The number of aromatic nitrogens is 2. The first-order valence-corrected chi connectivity index (χ1v) is 8.44. The molecule has 0 spiro atoms. The maximum atomic E-state index is 5.96. The Bertz CT molecular complexity index is 734. The molecule has 1 heterocycles. The first kappa shape index (κ1) is 15.1. The molecular formula is C18H19BrN2O. The van der Waals surface area contributed by atoms with Crippen LogP contribution in [0, 0.1) is 0 Å². The van der Waals surface area contributed by atoms with E-state index < -0.39 is 0 Å². The molecule has 3 aromatic rings. The minimum Gasteiger partial charge on any atom is -0.493 e. The molecule has 2 aromatic carbocycles. The highest BCUT2D eigenvalue weighted by Gasteiger charge is 2.11. The van der Waals surface area contributed by atoms with Crippen LogP contribution in [0.4, 0.5) is 0 Å². The number of nitrogens with one attached hydrogen (secondary N) is 1. The van der Waals surface area contributed by atoms with Crippen LogP contribution in [0.3, 0.4) is 0 Å². The SMILES string of the molecule is CCCCCOc1ccc(Br)cc1-c1nc2ccccc2[nH]1. The minimum absolute atomic E-state index is 0.739. The molecule has 0 aliphatic heterocycles. The number of para-hydroxylation sites is 2. The van der Waals surface area contributed by atoms with Crippen molar-refractivity contribution < 1.29 is 4.74 Å². The summed E-state index contributed by atoms with van der Waals surface area (Å²) in [5.74, 6) is 1.71. The van der Waals surface area contributed by atoms with Gasteiger partial charge in [0.2, 0.25) is 0 Å². The fourth-order valence-electron chi connectivity index (χ4n) is 2.43. The van der Waals surface area contributed by atoms with Crippen molar-refractivity contribution >= 4 is 27.0 Å². The Morgan fingerprint density at radius 3 is 2.82 bits per heavy atom. The monoisotopic (exact) mass is 358 g/mol. The summed E-state index contributed by atoms with van der Waals surface area (Å²) in [4.78, 5) is 8.04. The number of fused-ring (bicyclic) bond motifs is 1. The van der Waals surface area contributed by atoms with Gasteiger partial charge in [-0.1, -0.05) is 47.8 Å². The highest BCUT2D eigenvalue weighted by Crippen LogP contribution is 2.32. The van der Waals surface area contributed by atoms with Crippen molar-refractivity contribution in [1.82, 2.24) is 9.97 Å². The van der Waals surface area contributed by atoms with E-state index in [1.54, 1.807) is 0 Å². The van der Waals surface area contributed by atoms with E-state index in [1.807, 2.05) is 42.5 Å². The molecule has 114 valence electrons. The summed E-state index contributed by atoms with van der Waals surface area (Å²) in [5, 5.41) is 0. The molecule has 4 heteroatoms. The molecule has 0 unspecified atom stereocenters. The molecule has 1 N–H and O–H groups in total. The summed E-state index contributed by atoms with van der Waals surface area (Å²) in [7, 11) is 0. The third kappa shape index (κ3) is 3.33. The zero-order valence-corrected chi connectivity index (χ0v) is 14.2. The van der Waals surface area contributed by atoms with Crippen LogP contribution in [-0.2, 0) is 0 Å².